The summed E-state index contributed by atoms with van der Waals surface area (Å²) in [5.41, 5.74) is 7.71. The molecule has 0 saturated carbocycles. The van der Waals surface area contributed by atoms with Gasteiger partial charge in [-0.15, -0.1) is 23.9 Å². The molecule has 0 heterocycles. The zero-order valence-electron chi connectivity index (χ0n) is 21.6. The molecule has 3 aromatic carbocycles. The highest BCUT2D eigenvalue weighted by atomic mass is 79.9. The molecule has 0 radical (unpaired) electrons. The molecule has 0 aliphatic rings. The van der Waals surface area contributed by atoms with Gasteiger partial charge in [0, 0.05) is 15.6 Å². The predicted octanol–water partition coefficient (Wildman–Crippen LogP) is 10.5. The Bertz CT molecular complexity index is 1210. The molecule has 0 N–H and O–H groups in total. The molecule has 0 aliphatic carbocycles. The Labute approximate surface area is 243 Å². The van der Waals surface area contributed by atoms with Crippen LogP contribution in [0.25, 0.3) is 0 Å². The van der Waals surface area contributed by atoms with Crippen LogP contribution in [0, 0.1) is 35.8 Å². The molecule has 0 nitrogen and oxygen atoms in total. The highest BCUT2D eigenvalue weighted by molar-refractivity contribution is 9.10. The molecular formula is C30H32BrCl3Si2. The Morgan fingerprint density at radius 2 is 1.00 bits per heavy atom. The third kappa shape index (κ3) is 17.5. The first kappa shape index (κ1) is 34.1. The van der Waals surface area contributed by atoms with Crippen LogP contribution in [0.5, 0.6) is 0 Å². The number of rotatable bonds is 0. The van der Waals surface area contributed by atoms with Crippen molar-refractivity contribution in [2.45, 2.75) is 39.3 Å². The lowest BCUT2D eigenvalue weighted by molar-refractivity contribution is 1.64. The maximum Gasteiger partial charge on any atom is 0.129 e. The van der Waals surface area contributed by atoms with Crippen molar-refractivity contribution in [3.8, 4) is 35.8 Å². The van der Waals surface area contributed by atoms with Gasteiger partial charge < -0.3 is 0 Å². The van der Waals surface area contributed by atoms with Crippen molar-refractivity contribution in [1.29, 1.82) is 0 Å². The van der Waals surface area contributed by atoms with Crippen LogP contribution in [0.2, 0.25) is 54.3 Å². The summed E-state index contributed by atoms with van der Waals surface area (Å²) in [6.45, 7) is 13.1. The Kier molecular flexibility index (Phi) is 16.6. The van der Waals surface area contributed by atoms with Gasteiger partial charge in [0.2, 0.25) is 0 Å². The Hall–Kier alpha value is -1.88. The molecule has 188 valence electrons. The van der Waals surface area contributed by atoms with Crippen LogP contribution in [-0.2, 0) is 0 Å². The number of hydrogen-bond donors (Lipinski definition) is 0. The highest BCUT2D eigenvalue weighted by Crippen LogP contribution is 2.20. The second-order valence-corrected chi connectivity index (χ2v) is 21.0. The molecule has 0 amide bonds. The molecule has 0 spiro atoms. The van der Waals surface area contributed by atoms with Crippen molar-refractivity contribution >= 4 is 66.9 Å². The number of terminal acetylenes is 2. The average Bonchev–Trinajstić information content (AvgIpc) is 2.81. The first-order chi connectivity index (χ1) is 16.7. The minimum atomic E-state index is -1.28. The van der Waals surface area contributed by atoms with E-state index in [1.807, 2.05) is 66.7 Å². The smallest absolute Gasteiger partial charge is 0.129 e. The Morgan fingerprint density at radius 3 is 1.28 bits per heavy atom. The first-order valence-corrected chi connectivity index (χ1v) is 20.0. The summed E-state index contributed by atoms with van der Waals surface area (Å²) in [6.07, 6.45) is 10.2. The molecule has 0 atom stereocenters. The van der Waals surface area contributed by atoms with Gasteiger partial charge in [-0.2, -0.15) is 0 Å². The maximum absolute atomic E-state index is 5.97. The minimum absolute atomic E-state index is 0.639. The summed E-state index contributed by atoms with van der Waals surface area (Å²) in [5, 5.41) is 2.14. The normalized spacial score (nSPS) is 9.67. The molecule has 6 heteroatoms. The van der Waals surface area contributed by atoms with Crippen molar-refractivity contribution in [1.82, 2.24) is 0 Å². The molecule has 0 fully saturated rings. The molecule has 36 heavy (non-hydrogen) atoms. The standard InChI is InChI=1S/C11H13ClSi.C8H5Cl.C6H4BrCl.C5H10Si/c1-13(2,3)9-8-10-6-4-5-7-11(10)12;1-2-7-5-3-4-6-8(7)9;7-5-3-1-2-4-6(5)8;1-5-6(2,3)4/h4-7H,1-3H3;1,3-6H;1-4H;1H,2-4H3. The summed E-state index contributed by atoms with van der Waals surface area (Å²) < 4.78 is 0.946. The molecule has 3 aromatic rings. The predicted molar refractivity (Wildman–Crippen MR) is 172 cm³/mol. The molecule has 0 unspecified atom stereocenters. The summed E-state index contributed by atoms with van der Waals surface area (Å²) in [7, 11) is -2.39. The minimum Gasteiger partial charge on any atom is -0.135 e. The zero-order valence-corrected chi connectivity index (χ0v) is 27.4. The van der Waals surface area contributed by atoms with E-state index in [9.17, 15) is 0 Å². The zero-order chi connectivity index (χ0) is 27.8. The van der Waals surface area contributed by atoms with Crippen LogP contribution >= 0.6 is 50.7 Å². The fourth-order valence-electron chi connectivity index (χ4n) is 1.83. The van der Waals surface area contributed by atoms with Gasteiger partial charge in [-0.25, -0.2) is 0 Å². The van der Waals surface area contributed by atoms with E-state index in [0.717, 1.165) is 25.6 Å². The lowest BCUT2D eigenvalue weighted by atomic mass is 10.2. The van der Waals surface area contributed by atoms with Gasteiger partial charge in [0.25, 0.3) is 0 Å². The molecular weight excluding hydrogens is 603 g/mol. The van der Waals surface area contributed by atoms with Crippen molar-refractivity contribution in [3.63, 3.8) is 0 Å². The van der Waals surface area contributed by atoms with E-state index < -0.39 is 16.1 Å². The summed E-state index contributed by atoms with van der Waals surface area (Å²) in [6, 6.07) is 22.6. The van der Waals surface area contributed by atoms with Crippen LogP contribution in [0.1, 0.15) is 11.1 Å². The van der Waals surface area contributed by atoms with Crippen LogP contribution in [0.4, 0.5) is 0 Å². The molecule has 0 bridgehead atoms. The monoisotopic (exact) mass is 632 g/mol. The van der Waals surface area contributed by atoms with Gasteiger partial charge in [-0.3, -0.25) is 0 Å². The van der Waals surface area contributed by atoms with E-state index in [2.05, 4.69) is 78.1 Å². The third-order valence-electron chi connectivity index (χ3n) is 3.73. The van der Waals surface area contributed by atoms with E-state index in [-0.39, 0.29) is 0 Å². The largest absolute Gasteiger partial charge is 0.135 e. The van der Waals surface area contributed by atoms with Gasteiger partial charge in [0.05, 0.1) is 15.1 Å². The molecule has 0 aromatic heterocycles. The second-order valence-electron chi connectivity index (χ2n) is 9.41. The van der Waals surface area contributed by atoms with Crippen molar-refractivity contribution in [3.05, 3.63) is 103 Å². The highest BCUT2D eigenvalue weighted by Gasteiger charge is 2.07. The van der Waals surface area contributed by atoms with Crippen LogP contribution in [-0.4, -0.2) is 16.1 Å². The van der Waals surface area contributed by atoms with Gasteiger partial charge >= 0.3 is 0 Å². The Balaban J connectivity index is 0.000000473. The summed E-state index contributed by atoms with van der Waals surface area (Å²) in [5.74, 6) is 5.60. The van der Waals surface area contributed by atoms with Gasteiger partial charge in [0.15, 0.2) is 0 Å². The van der Waals surface area contributed by atoms with Crippen LogP contribution in [0.15, 0.2) is 77.3 Å². The molecule has 0 aliphatic heterocycles. The van der Waals surface area contributed by atoms with Gasteiger partial charge in [-0.05, 0) is 52.3 Å². The van der Waals surface area contributed by atoms with E-state index >= 15 is 0 Å². The van der Waals surface area contributed by atoms with Gasteiger partial charge in [0.1, 0.15) is 16.1 Å². The number of benzene rings is 3. The van der Waals surface area contributed by atoms with Crippen molar-refractivity contribution in [2.24, 2.45) is 0 Å². The van der Waals surface area contributed by atoms with Crippen LogP contribution < -0.4 is 0 Å². The topological polar surface area (TPSA) is 0 Å². The lowest BCUT2D eigenvalue weighted by Gasteiger charge is -2.03. The number of halogens is 4. The SMILES string of the molecule is C#C[Si](C)(C)C.C#Cc1ccccc1Cl.C[Si](C)(C)C#Cc1ccccc1Cl.Clc1ccccc1Br. The second kappa shape index (κ2) is 17.6. The lowest BCUT2D eigenvalue weighted by Crippen LogP contribution is -2.16. The maximum atomic E-state index is 5.97. The van der Waals surface area contributed by atoms with E-state index in [0.29, 0.717) is 5.02 Å². The quantitative estimate of drug-likeness (QED) is 0.170. The third-order valence-corrected chi connectivity index (χ3v) is 7.38. The van der Waals surface area contributed by atoms with E-state index in [4.69, 9.17) is 47.6 Å². The van der Waals surface area contributed by atoms with E-state index in [1.165, 1.54) is 0 Å². The fourth-order valence-corrected chi connectivity index (χ4v) is 3.14. The van der Waals surface area contributed by atoms with Crippen molar-refractivity contribution < 1.29 is 0 Å². The Morgan fingerprint density at radius 1 is 0.611 bits per heavy atom. The van der Waals surface area contributed by atoms with Gasteiger partial charge in [-0.1, -0.05) is 122 Å². The fraction of sp³-hybridized carbons (Fsp3) is 0.200. The average molecular weight is 635 g/mol. The molecule has 0 saturated heterocycles. The number of hydrogen-bond acceptors (Lipinski definition) is 0. The van der Waals surface area contributed by atoms with E-state index in [1.54, 1.807) is 6.07 Å². The summed E-state index contributed by atoms with van der Waals surface area (Å²) in [4.78, 5) is 0. The first-order valence-electron chi connectivity index (χ1n) is 11.1. The van der Waals surface area contributed by atoms with Crippen LogP contribution in [0.3, 0.4) is 0 Å². The summed E-state index contributed by atoms with van der Waals surface area (Å²) >= 11 is 20.6. The van der Waals surface area contributed by atoms with Crippen molar-refractivity contribution in [2.75, 3.05) is 0 Å². The molecule has 3 rings (SSSR count).